The fourth-order valence-electron chi connectivity index (χ4n) is 2.71. The minimum atomic E-state index is 0.0420. The molecule has 2 unspecified atom stereocenters. The predicted molar refractivity (Wildman–Crippen MR) is 73.8 cm³/mol. The van der Waals surface area contributed by atoms with Crippen LogP contribution in [0.2, 0.25) is 0 Å². The maximum Gasteiger partial charge on any atom is 0.254 e. The second kappa shape index (κ2) is 5.43. The SMILES string of the molecule is CC(=O)N1CC(C)N(C(=O)c2ccccc2)C(C)C1. The lowest BCUT2D eigenvalue weighted by atomic mass is 10.1. The molecular weight excluding hydrogens is 240 g/mol. The van der Waals surface area contributed by atoms with Gasteiger partial charge in [0.25, 0.3) is 5.91 Å². The Labute approximate surface area is 114 Å². The Morgan fingerprint density at radius 1 is 1.05 bits per heavy atom. The summed E-state index contributed by atoms with van der Waals surface area (Å²) in [5.74, 6) is 0.120. The molecule has 2 atom stereocenters. The van der Waals surface area contributed by atoms with Crippen LogP contribution in [0.1, 0.15) is 31.1 Å². The fourth-order valence-corrected chi connectivity index (χ4v) is 2.71. The highest BCUT2D eigenvalue weighted by atomic mass is 16.2. The van der Waals surface area contributed by atoms with Gasteiger partial charge in [0, 0.05) is 37.7 Å². The van der Waals surface area contributed by atoms with Gasteiger partial charge in [-0.2, -0.15) is 0 Å². The van der Waals surface area contributed by atoms with E-state index in [4.69, 9.17) is 0 Å². The van der Waals surface area contributed by atoms with Crippen molar-refractivity contribution in [1.82, 2.24) is 9.80 Å². The third-order valence-electron chi connectivity index (χ3n) is 3.62. The first-order chi connectivity index (χ1) is 9.00. The maximum absolute atomic E-state index is 12.5. The molecule has 0 bridgehead atoms. The molecule has 1 aromatic carbocycles. The molecule has 1 aliphatic rings. The normalized spacial score (nSPS) is 23.3. The Kier molecular flexibility index (Phi) is 3.88. The molecule has 4 nitrogen and oxygen atoms in total. The Hall–Kier alpha value is -1.84. The summed E-state index contributed by atoms with van der Waals surface area (Å²) < 4.78 is 0. The van der Waals surface area contributed by atoms with Gasteiger partial charge < -0.3 is 9.80 Å². The molecule has 1 saturated heterocycles. The van der Waals surface area contributed by atoms with Crippen molar-refractivity contribution < 1.29 is 9.59 Å². The highest BCUT2D eigenvalue weighted by Crippen LogP contribution is 2.19. The van der Waals surface area contributed by atoms with Gasteiger partial charge in [-0.3, -0.25) is 9.59 Å². The highest BCUT2D eigenvalue weighted by molar-refractivity contribution is 5.94. The second-order valence-corrected chi connectivity index (χ2v) is 5.20. The van der Waals surface area contributed by atoms with Gasteiger partial charge in [-0.25, -0.2) is 0 Å². The Balaban J connectivity index is 2.17. The van der Waals surface area contributed by atoms with E-state index >= 15 is 0 Å². The quantitative estimate of drug-likeness (QED) is 0.772. The van der Waals surface area contributed by atoms with Crippen LogP contribution in [0.4, 0.5) is 0 Å². The lowest BCUT2D eigenvalue weighted by Crippen LogP contribution is -2.59. The van der Waals surface area contributed by atoms with Gasteiger partial charge in [0.05, 0.1) is 0 Å². The number of amides is 2. The van der Waals surface area contributed by atoms with Gasteiger partial charge in [0.1, 0.15) is 0 Å². The summed E-state index contributed by atoms with van der Waals surface area (Å²) in [6.45, 7) is 6.78. The van der Waals surface area contributed by atoms with Crippen molar-refractivity contribution in [1.29, 1.82) is 0 Å². The summed E-state index contributed by atoms with van der Waals surface area (Å²) in [5, 5.41) is 0. The third kappa shape index (κ3) is 2.78. The van der Waals surface area contributed by atoms with Crippen LogP contribution >= 0.6 is 0 Å². The van der Waals surface area contributed by atoms with Crippen molar-refractivity contribution in [2.24, 2.45) is 0 Å². The molecule has 0 saturated carbocycles. The molecule has 0 aliphatic carbocycles. The van der Waals surface area contributed by atoms with Crippen LogP contribution in [0.3, 0.4) is 0 Å². The first-order valence-electron chi connectivity index (χ1n) is 6.64. The van der Waals surface area contributed by atoms with E-state index in [1.54, 1.807) is 6.92 Å². The summed E-state index contributed by atoms with van der Waals surface area (Å²) in [6.07, 6.45) is 0. The standard InChI is InChI=1S/C15H20N2O2/c1-11-9-16(13(3)18)10-12(2)17(11)15(19)14-7-5-4-6-8-14/h4-8,11-12H,9-10H2,1-3H3. The second-order valence-electron chi connectivity index (χ2n) is 5.20. The van der Waals surface area contributed by atoms with Crippen LogP contribution in [0, 0.1) is 0 Å². The molecule has 0 radical (unpaired) electrons. The largest absolute Gasteiger partial charge is 0.339 e. The molecule has 19 heavy (non-hydrogen) atoms. The number of hydrogen-bond acceptors (Lipinski definition) is 2. The molecule has 2 rings (SSSR count). The van der Waals surface area contributed by atoms with E-state index in [0.717, 1.165) is 0 Å². The Morgan fingerprint density at radius 2 is 1.58 bits per heavy atom. The van der Waals surface area contributed by atoms with Crippen LogP contribution in [0.15, 0.2) is 30.3 Å². The van der Waals surface area contributed by atoms with E-state index in [2.05, 4.69) is 0 Å². The van der Waals surface area contributed by atoms with Gasteiger partial charge in [-0.05, 0) is 26.0 Å². The average Bonchev–Trinajstić information content (AvgIpc) is 2.38. The molecular formula is C15H20N2O2. The van der Waals surface area contributed by atoms with E-state index in [0.29, 0.717) is 18.7 Å². The fraction of sp³-hybridized carbons (Fsp3) is 0.467. The Bertz CT molecular complexity index is 460. The van der Waals surface area contributed by atoms with Gasteiger partial charge in [-0.15, -0.1) is 0 Å². The highest BCUT2D eigenvalue weighted by Gasteiger charge is 2.33. The molecule has 102 valence electrons. The lowest BCUT2D eigenvalue weighted by molar-refractivity contribution is -0.132. The molecule has 2 amide bonds. The number of carbonyl (C=O) groups is 2. The summed E-state index contributed by atoms with van der Waals surface area (Å²) in [5.41, 5.74) is 0.706. The molecule has 1 aromatic rings. The van der Waals surface area contributed by atoms with Crippen molar-refractivity contribution in [2.75, 3.05) is 13.1 Å². The molecule has 0 spiro atoms. The van der Waals surface area contributed by atoms with Crippen molar-refractivity contribution in [2.45, 2.75) is 32.9 Å². The number of hydrogen-bond donors (Lipinski definition) is 0. The zero-order valence-corrected chi connectivity index (χ0v) is 11.7. The number of carbonyl (C=O) groups excluding carboxylic acids is 2. The zero-order chi connectivity index (χ0) is 14.0. The van der Waals surface area contributed by atoms with Crippen LogP contribution in [0.5, 0.6) is 0 Å². The summed E-state index contributed by atoms with van der Waals surface area (Å²) in [4.78, 5) is 27.7. The zero-order valence-electron chi connectivity index (χ0n) is 11.7. The van der Waals surface area contributed by atoms with E-state index in [-0.39, 0.29) is 23.9 Å². The number of nitrogens with zero attached hydrogens (tertiary/aromatic N) is 2. The monoisotopic (exact) mass is 260 g/mol. The molecule has 4 heteroatoms. The maximum atomic E-state index is 12.5. The molecule has 1 aliphatic heterocycles. The average molecular weight is 260 g/mol. The lowest BCUT2D eigenvalue weighted by Gasteiger charge is -2.44. The summed E-state index contributed by atoms with van der Waals surface area (Å²) >= 11 is 0. The van der Waals surface area contributed by atoms with E-state index in [1.165, 1.54) is 0 Å². The van der Waals surface area contributed by atoms with Crippen LogP contribution < -0.4 is 0 Å². The van der Waals surface area contributed by atoms with Crippen LogP contribution in [-0.4, -0.2) is 46.8 Å². The molecule has 1 fully saturated rings. The van der Waals surface area contributed by atoms with E-state index < -0.39 is 0 Å². The predicted octanol–water partition coefficient (Wildman–Crippen LogP) is 1.77. The third-order valence-corrected chi connectivity index (χ3v) is 3.62. The van der Waals surface area contributed by atoms with Crippen molar-refractivity contribution in [3.8, 4) is 0 Å². The smallest absolute Gasteiger partial charge is 0.254 e. The van der Waals surface area contributed by atoms with Gasteiger partial charge in [0.15, 0.2) is 0 Å². The molecule has 0 aromatic heterocycles. The Morgan fingerprint density at radius 3 is 2.05 bits per heavy atom. The number of piperazine rings is 1. The first-order valence-corrected chi connectivity index (χ1v) is 6.64. The van der Waals surface area contributed by atoms with Crippen molar-refractivity contribution in [3.63, 3.8) is 0 Å². The minimum Gasteiger partial charge on any atom is -0.339 e. The van der Waals surface area contributed by atoms with Gasteiger partial charge >= 0.3 is 0 Å². The van der Waals surface area contributed by atoms with Crippen LogP contribution in [-0.2, 0) is 4.79 Å². The van der Waals surface area contributed by atoms with Crippen LogP contribution in [0.25, 0.3) is 0 Å². The number of rotatable bonds is 1. The van der Waals surface area contributed by atoms with E-state index in [1.807, 2.05) is 54.0 Å². The topological polar surface area (TPSA) is 40.6 Å². The van der Waals surface area contributed by atoms with Gasteiger partial charge in [-0.1, -0.05) is 18.2 Å². The summed E-state index contributed by atoms with van der Waals surface area (Å²) in [6, 6.07) is 9.39. The van der Waals surface area contributed by atoms with E-state index in [9.17, 15) is 9.59 Å². The van der Waals surface area contributed by atoms with Crippen molar-refractivity contribution in [3.05, 3.63) is 35.9 Å². The minimum absolute atomic E-state index is 0.0420. The molecule has 0 N–H and O–H groups in total. The first kappa shape index (κ1) is 13.6. The van der Waals surface area contributed by atoms with Gasteiger partial charge in [0.2, 0.25) is 5.91 Å². The molecule has 1 heterocycles. The van der Waals surface area contributed by atoms with Crippen molar-refractivity contribution >= 4 is 11.8 Å². The summed E-state index contributed by atoms with van der Waals surface area (Å²) in [7, 11) is 0. The number of benzene rings is 1.